The molecule has 0 saturated carbocycles. The first kappa shape index (κ1) is 10.8. The van der Waals surface area contributed by atoms with Crippen LogP contribution in [-0.2, 0) is 0 Å². The van der Waals surface area contributed by atoms with Crippen LogP contribution in [0.15, 0.2) is 24.3 Å². The van der Waals surface area contributed by atoms with E-state index >= 15 is 0 Å². The lowest BCUT2D eigenvalue weighted by atomic mass is 10.2. The number of benzene rings is 1. The Bertz CT molecular complexity index is 379. The third-order valence-electron chi connectivity index (χ3n) is 1.57. The Kier molecular flexibility index (Phi) is 3.76. The van der Waals surface area contributed by atoms with Gasteiger partial charge in [-0.25, -0.2) is 0 Å². The molecule has 0 N–H and O–H groups in total. The first-order chi connectivity index (χ1) is 6.65. The van der Waals surface area contributed by atoms with E-state index in [1.165, 1.54) is 12.1 Å². The first-order valence-electron chi connectivity index (χ1n) is 3.81. The van der Waals surface area contributed by atoms with E-state index in [2.05, 4.69) is 15.9 Å². The molecule has 0 radical (unpaired) electrons. The number of nitro benzene ring substituents is 1. The van der Waals surface area contributed by atoms with E-state index in [4.69, 9.17) is 0 Å². The Morgan fingerprint density at radius 3 is 2.86 bits per heavy atom. The van der Waals surface area contributed by atoms with Crippen molar-refractivity contribution in [3.05, 3.63) is 45.8 Å². The van der Waals surface area contributed by atoms with Crippen molar-refractivity contribution in [1.82, 2.24) is 0 Å². The molecule has 1 aromatic carbocycles. The molecule has 74 valence electrons. The highest BCUT2D eigenvalue weighted by molar-refractivity contribution is 9.09. The summed E-state index contributed by atoms with van der Waals surface area (Å²) < 4.78 is 12.9. The Morgan fingerprint density at radius 2 is 2.29 bits per heavy atom. The number of hydrogen-bond acceptors (Lipinski definition) is 2. The molecule has 14 heavy (non-hydrogen) atoms. The number of nitrogens with zero attached hydrogens (tertiary/aromatic N) is 1. The standard InChI is InChI=1S/C9H7BrFNO2/c10-5-1-2-7-3-4-8(11)9(6-7)12(13)14/h1-4,6H,5H2/b2-1+. The van der Waals surface area contributed by atoms with E-state index in [1.807, 2.05) is 0 Å². The van der Waals surface area contributed by atoms with Gasteiger partial charge in [-0.1, -0.05) is 34.1 Å². The number of nitro groups is 1. The quantitative estimate of drug-likeness (QED) is 0.476. The van der Waals surface area contributed by atoms with Crippen LogP contribution in [0.25, 0.3) is 6.08 Å². The lowest BCUT2D eigenvalue weighted by Gasteiger charge is -1.95. The summed E-state index contributed by atoms with van der Waals surface area (Å²) in [5, 5.41) is 11.0. The molecule has 0 fully saturated rings. The van der Waals surface area contributed by atoms with Crippen molar-refractivity contribution in [2.24, 2.45) is 0 Å². The third-order valence-corrected chi connectivity index (χ3v) is 1.94. The van der Waals surface area contributed by atoms with Gasteiger partial charge in [-0.15, -0.1) is 0 Å². The van der Waals surface area contributed by atoms with Crippen LogP contribution in [0.5, 0.6) is 0 Å². The van der Waals surface area contributed by atoms with Crippen LogP contribution in [0.2, 0.25) is 0 Å². The molecule has 0 spiro atoms. The molecule has 0 aliphatic carbocycles. The van der Waals surface area contributed by atoms with Gasteiger partial charge in [0, 0.05) is 11.4 Å². The molecule has 3 nitrogen and oxygen atoms in total. The summed E-state index contributed by atoms with van der Waals surface area (Å²) in [5.74, 6) is -0.814. The molecule has 0 aromatic heterocycles. The maximum Gasteiger partial charge on any atom is 0.305 e. The molecule has 0 aliphatic heterocycles. The Labute approximate surface area is 88.5 Å². The number of halogens is 2. The predicted molar refractivity (Wildman–Crippen MR) is 55.9 cm³/mol. The normalized spacial score (nSPS) is 10.7. The molecule has 0 bridgehead atoms. The Morgan fingerprint density at radius 1 is 1.57 bits per heavy atom. The van der Waals surface area contributed by atoms with Crippen LogP contribution in [-0.4, -0.2) is 10.3 Å². The fourth-order valence-corrected chi connectivity index (χ4v) is 1.14. The van der Waals surface area contributed by atoms with Crippen molar-refractivity contribution >= 4 is 27.7 Å². The van der Waals surface area contributed by atoms with Crippen LogP contribution in [0.3, 0.4) is 0 Å². The van der Waals surface area contributed by atoms with Crippen LogP contribution in [0.1, 0.15) is 5.56 Å². The number of rotatable bonds is 3. The molecule has 0 aliphatic rings. The van der Waals surface area contributed by atoms with E-state index in [9.17, 15) is 14.5 Å². The molecule has 0 unspecified atom stereocenters. The summed E-state index contributed by atoms with van der Waals surface area (Å²) in [6.07, 6.45) is 3.46. The summed E-state index contributed by atoms with van der Waals surface area (Å²) in [6.45, 7) is 0. The second kappa shape index (κ2) is 4.85. The zero-order chi connectivity index (χ0) is 10.6. The predicted octanol–water partition coefficient (Wildman–Crippen LogP) is 3.14. The van der Waals surface area contributed by atoms with Crippen molar-refractivity contribution < 1.29 is 9.31 Å². The largest absolute Gasteiger partial charge is 0.305 e. The molecular weight excluding hydrogens is 253 g/mol. The highest BCUT2D eigenvalue weighted by Gasteiger charge is 2.12. The molecule has 0 heterocycles. The highest BCUT2D eigenvalue weighted by atomic mass is 79.9. The first-order valence-corrected chi connectivity index (χ1v) is 4.93. The van der Waals surface area contributed by atoms with Crippen molar-refractivity contribution in [3.63, 3.8) is 0 Å². The van der Waals surface area contributed by atoms with E-state index in [1.54, 1.807) is 12.2 Å². The van der Waals surface area contributed by atoms with E-state index in [0.717, 1.165) is 6.07 Å². The number of hydrogen-bond donors (Lipinski definition) is 0. The van der Waals surface area contributed by atoms with Gasteiger partial charge in [-0.3, -0.25) is 10.1 Å². The maximum atomic E-state index is 12.9. The smallest absolute Gasteiger partial charge is 0.258 e. The second-order valence-corrected chi connectivity index (χ2v) is 3.17. The minimum absolute atomic E-state index is 0.498. The molecular formula is C9H7BrFNO2. The maximum absolute atomic E-state index is 12.9. The zero-order valence-corrected chi connectivity index (χ0v) is 8.70. The third kappa shape index (κ3) is 2.63. The van der Waals surface area contributed by atoms with Gasteiger partial charge in [-0.05, 0) is 11.6 Å². The van der Waals surface area contributed by atoms with Gasteiger partial charge in [0.15, 0.2) is 0 Å². The minimum Gasteiger partial charge on any atom is -0.258 e. The van der Waals surface area contributed by atoms with Crippen molar-refractivity contribution in [2.75, 3.05) is 5.33 Å². The monoisotopic (exact) mass is 259 g/mol. The van der Waals surface area contributed by atoms with Crippen molar-refractivity contribution in [3.8, 4) is 0 Å². The summed E-state index contributed by atoms with van der Waals surface area (Å²) in [5.41, 5.74) is 0.110. The minimum atomic E-state index is -0.814. The topological polar surface area (TPSA) is 43.1 Å². The van der Waals surface area contributed by atoms with Crippen LogP contribution in [0.4, 0.5) is 10.1 Å². The Balaban J connectivity index is 3.06. The van der Waals surface area contributed by atoms with E-state index in [-0.39, 0.29) is 0 Å². The molecule has 0 atom stereocenters. The van der Waals surface area contributed by atoms with Gasteiger partial charge < -0.3 is 0 Å². The van der Waals surface area contributed by atoms with Gasteiger partial charge in [0.25, 0.3) is 0 Å². The lowest BCUT2D eigenvalue weighted by Crippen LogP contribution is -1.92. The van der Waals surface area contributed by atoms with Gasteiger partial charge in [0.2, 0.25) is 5.82 Å². The van der Waals surface area contributed by atoms with Crippen LogP contribution >= 0.6 is 15.9 Å². The zero-order valence-electron chi connectivity index (χ0n) is 7.11. The summed E-state index contributed by atoms with van der Waals surface area (Å²) in [4.78, 5) is 9.64. The summed E-state index contributed by atoms with van der Waals surface area (Å²) in [7, 11) is 0. The number of alkyl halides is 1. The van der Waals surface area contributed by atoms with Crippen molar-refractivity contribution in [2.45, 2.75) is 0 Å². The Hall–Kier alpha value is -1.23. The highest BCUT2D eigenvalue weighted by Crippen LogP contribution is 2.19. The average Bonchev–Trinajstić information content (AvgIpc) is 2.16. The van der Waals surface area contributed by atoms with Crippen LogP contribution < -0.4 is 0 Å². The van der Waals surface area contributed by atoms with Gasteiger partial charge in [0.05, 0.1) is 4.92 Å². The van der Waals surface area contributed by atoms with Crippen LogP contribution in [0, 0.1) is 15.9 Å². The van der Waals surface area contributed by atoms with Crippen molar-refractivity contribution in [1.29, 1.82) is 0 Å². The van der Waals surface area contributed by atoms with E-state index in [0.29, 0.717) is 10.9 Å². The average molecular weight is 260 g/mol. The molecule has 0 saturated heterocycles. The van der Waals surface area contributed by atoms with Gasteiger partial charge in [0.1, 0.15) is 0 Å². The SMILES string of the molecule is O=[N+]([O-])c1cc(/C=C/CBr)ccc1F. The van der Waals surface area contributed by atoms with E-state index < -0.39 is 16.4 Å². The summed E-state index contributed by atoms with van der Waals surface area (Å²) >= 11 is 3.17. The lowest BCUT2D eigenvalue weighted by molar-refractivity contribution is -0.387. The molecule has 5 heteroatoms. The summed E-state index contributed by atoms with van der Waals surface area (Å²) in [6, 6.07) is 3.78. The molecule has 1 rings (SSSR count). The second-order valence-electron chi connectivity index (χ2n) is 2.52. The fourth-order valence-electron chi connectivity index (χ4n) is 0.954. The fraction of sp³-hybridized carbons (Fsp3) is 0.111. The number of allylic oxidation sites excluding steroid dienone is 1. The van der Waals surface area contributed by atoms with Gasteiger partial charge >= 0.3 is 5.69 Å². The molecule has 1 aromatic rings. The molecule has 0 amide bonds. The van der Waals surface area contributed by atoms with Gasteiger partial charge in [-0.2, -0.15) is 4.39 Å².